The number of rotatable bonds is 4. The second-order valence-corrected chi connectivity index (χ2v) is 6.35. The largest absolute Gasteiger partial charge is 0.452 e. The van der Waals surface area contributed by atoms with Crippen LogP contribution in [0.1, 0.15) is 21.7 Å². The maximum atomic E-state index is 12.9. The smallest absolute Gasteiger partial charge is 0.228 e. The summed E-state index contributed by atoms with van der Waals surface area (Å²) in [4.78, 5) is 16.9. The lowest BCUT2D eigenvalue weighted by atomic mass is 10.0. The quantitative estimate of drug-likeness (QED) is 0.491. The van der Waals surface area contributed by atoms with Gasteiger partial charge in [0.1, 0.15) is 18.2 Å². The molecule has 0 spiro atoms. The predicted molar refractivity (Wildman–Crippen MR) is 95.2 cm³/mol. The summed E-state index contributed by atoms with van der Waals surface area (Å²) in [6, 6.07) is 11.9. The first-order valence-electron chi connectivity index (χ1n) is 7.45. The lowest BCUT2D eigenvalue weighted by Crippen LogP contribution is -2.07. The Balaban J connectivity index is 1.87. The summed E-state index contributed by atoms with van der Waals surface area (Å²) in [6.45, 7) is 0.349. The predicted octanol–water partition coefficient (Wildman–Crippen LogP) is 4.61. The van der Waals surface area contributed by atoms with Crippen LogP contribution in [0.5, 0.6) is 0 Å². The SMILES string of the molecule is O=C(c1ccc(Cl)cc1)c1oc2ccc(Cl)cc2c1Cn1cncn1. The third-order valence-electron chi connectivity index (χ3n) is 3.85. The number of aromatic nitrogens is 3. The van der Waals surface area contributed by atoms with E-state index in [9.17, 15) is 4.79 Å². The molecule has 4 aromatic rings. The fourth-order valence-corrected chi connectivity index (χ4v) is 2.97. The van der Waals surface area contributed by atoms with E-state index in [1.165, 1.54) is 6.33 Å². The van der Waals surface area contributed by atoms with Crippen molar-refractivity contribution >= 4 is 40.0 Å². The molecule has 0 amide bonds. The molecule has 0 bridgehead atoms. The van der Waals surface area contributed by atoms with Crippen LogP contribution in [-0.4, -0.2) is 20.5 Å². The van der Waals surface area contributed by atoms with Gasteiger partial charge >= 0.3 is 0 Å². The summed E-state index contributed by atoms with van der Waals surface area (Å²) in [5, 5.41) is 6.02. The van der Waals surface area contributed by atoms with Crippen molar-refractivity contribution in [1.29, 1.82) is 0 Å². The number of carbonyl (C=O) groups is 1. The molecule has 4 rings (SSSR count). The van der Waals surface area contributed by atoms with Crippen molar-refractivity contribution in [2.75, 3.05) is 0 Å². The molecule has 2 heterocycles. The number of nitrogens with zero attached hydrogens (tertiary/aromatic N) is 3. The molecule has 0 radical (unpaired) electrons. The molecule has 0 atom stereocenters. The van der Waals surface area contributed by atoms with Crippen LogP contribution in [0.3, 0.4) is 0 Å². The number of halogens is 2. The van der Waals surface area contributed by atoms with Gasteiger partial charge in [-0.25, -0.2) is 9.67 Å². The van der Waals surface area contributed by atoms with Crippen molar-refractivity contribution in [1.82, 2.24) is 14.8 Å². The summed E-state index contributed by atoms with van der Waals surface area (Å²) in [5.41, 5.74) is 1.80. The molecule has 0 saturated carbocycles. The molecule has 2 aromatic heterocycles. The molecular formula is C18H11Cl2N3O2. The summed E-state index contributed by atoms with van der Waals surface area (Å²) < 4.78 is 7.48. The van der Waals surface area contributed by atoms with E-state index in [2.05, 4.69) is 10.1 Å². The van der Waals surface area contributed by atoms with Crippen LogP contribution in [0.2, 0.25) is 10.0 Å². The van der Waals surface area contributed by atoms with Crippen molar-refractivity contribution in [3.05, 3.63) is 82.1 Å². The third-order valence-corrected chi connectivity index (χ3v) is 4.34. The first kappa shape index (κ1) is 15.9. The average Bonchev–Trinajstić information content (AvgIpc) is 3.24. The lowest BCUT2D eigenvalue weighted by molar-refractivity contribution is 0.101. The van der Waals surface area contributed by atoms with E-state index in [1.807, 2.05) is 0 Å². The minimum absolute atomic E-state index is 0.223. The van der Waals surface area contributed by atoms with E-state index in [4.69, 9.17) is 27.6 Å². The van der Waals surface area contributed by atoms with Gasteiger partial charge in [0, 0.05) is 26.6 Å². The lowest BCUT2D eigenvalue weighted by Gasteiger charge is -2.03. The second kappa shape index (κ2) is 6.35. The van der Waals surface area contributed by atoms with Crippen LogP contribution >= 0.6 is 23.2 Å². The molecule has 5 nitrogen and oxygen atoms in total. The number of furan rings is 1. The maximum absolute atomic E-state index is 12.9. The van der Waals surface area contributed by atoms with Gasteiger partial charge in [-0.15, -0.1) is 0 Å². The molecule has 0 aliphatic carbocycles. The molecule has 0 saturated heterocycles. The van der Waals surface area contributed by atoms with Gasteiger partial charge in [-0.2, -0.15) is 5.10 Å². The molecule has 2 aromatic carbocycles. The topological polar surface area (TPSA) is 60.9 Å². The highest BCUT2D eigenvalue weighted by molar-refractivity contribution is 6.31. The first-order valence-corrected chi connectivity index (χ1v) is 8.21. The van der Waals surface area contributed by atoms with Crippen molar-refractivity contribution in [2.45, 2.75) is 6.54 Å². The summed E-state index contributed by atoms with van der Waals surface area (Å²) in [6.07, 6.45) is 3.02. The molecule has 7 heteroatoms. The highest BCUT2D eigenvalue weighted by atomic mass is 35.5. The zero-order chi connectivity index (χ0) is 17.4. The first-order chi connectivity index (χ1) is 12.1. The van der Waals surface area contributed by atoms with Gasteiger partial charge in [0.15, 0.2) is 5.76 Å². The molecule has 124 valence electrons. The van der Waals surface area contributed by atoms with Gasteiger partial charge in [-0.1, -0.05) is 23.2 Å². The third kappa shape index (κ3) is 3.04. The minimum atomic E-state index is -0.223. The number of fused-ring (bicyclic) bond motifs is 1. The molecule has 0 unspecified atom stereocenters. The van der Waals surface area contributed by atoms with Crippen molar-refractivity contribution in [3.63, 3.8) is 0 Å². The second-order valence-electron chi connectivity index (χ2n) is 5.48. The normalized spacial score (nSPS) is 11.1. The Bertz CT molecular complexity index is 1050. The highest BCUT2D eigenvalue weighted by Crippen LogP contribution is 2.31. The van der Waals surface area contributed by atoms with Crippen LogP contribution in [-0.2, 0) is 6.54 Å². The molecule has 0 aliphatic heterocycles. The fourth-order valence-electron chi connectivity index (χ4n) is 2.67. The van der Waals surface area contributed by atoms with Crippen LogP contribution in [0.25, 0.3) is 11.0 Å². The minimum Gasteiger partial charge on any atom is -0.452 e. The summed E-state index contributed by atoms with van der Waals surface area (Å²) in [7, 11) is 0. The van der Waals surface area contributed by atoms with E-state index in [0.717, 1.165) is 5.39 Å². The number of ketones is 1. The Labute approximate surface area is 152 Å². The highest BCUT2D eigenvalue weighted by Gasteiger charge is 2.22. The van der Waals surface area contributed by atoms with Gasteiger partial charge in [-0.05, 0) is 42.5 Å². The molecular weight excluding hydrogens is 361 g/mol. The monoisotopic (exact) mass is 371 g/mol. The standard InChI is InChI=1S/C18H11Cl2N3O2/c19-12-3-1-11(2-4-12)17(24)18-15(8-23-10-21-9-22-23)14-7-13(20)5-6-16(14)25-18/h1-7,9-10H,8H2. The number of hydrogen-bond acceptors (Lipinski definition) is 4. The Hall–Kier alpha value is -2.63. The molecule has 0 N–H and O–H groups in total. The summed E-state index contributed by atoms with van der Waals surface area (Å²) in [5.74, 6) is 0.0363. The van der Waals surface area contributed by atoms with Crippen LogP contribution < -0.4 is 0 Å². The van der Waals surface area contributed by atoms with Crippen molar-refractivity contribution in [2.24, 2.45) is 0 Å². The number of carbonyl (C=O) groups excluding carboxylic acids is 1. The van der Waals surface area contributed by atoms with E-state index < -0.39 is 0 Å². The maximum Gasteiger partial charge on any atom is 0.228 e. The zero-order valence-electron chi connectivity index (χ0n) is 12.8. The van der Waals surface area contributed by atoms with Gasteiger partial charge < -0.3 is 4.42 Å². The van der Waals surface area contributed by atoms with Gasteiger partial charge in [0.05, 0.1) is 6.54 Å². The number of hydrogen-bond donors (Lipinski definition) is 0. The molecule has 0 aliphatic rings. The molecule has 0 fully saturated rings. The zero-order valence-corrected chi connectivity index (χ0v) is 14.3. The van der Waals surface area contributed by atoms with E-state index in [0.29, 0.717) is 33.3 Å². The fraction of sp³-hybridized carbons (Fsp3) is 0.0556. The Morgan fingerprint density at radius 2 is 1.84 bits per heavy atom. The Kier molecular flexibility index (Phi) is 4.03. The van der Waals surface area contributed by atoms with Crippen LogP contribution in [0.15, 0.2) is 59.5 Å². The van der Waals surface area contributed by atoms with E-state index >= 15 is 0 Å². The molecule has 25 heavy (non-hydrogen) atoms. The van der Waals surface area contributed by atoms with Crippen molar-refractivity contribution in [3.8, 4) is 0 Å². The van der Waals surface area contributed by atoms with Gasteiger partial charge in [0.25, 0.3) is 0 Å². The number of benzene rings is 2. The van der Waals surface area contributed by atoms with E-state index in [1.54, 1.807) is 53.5 Å². The van der Waals surface area contributed by atoms with Gasteiger partial charge in [-0.3, -0.25) is 4.79 Å². The Morgan fingerprint density at radius 3 is 2.56 bits per heavy atom. The van der Waals surface area contributed by atoms with Crippen LogP contribution in [0, 0.1) is 0 Å². The van der Waals surface area contributed by atoms with Crippen molar-refractivity contribution < 1.29 is 9.21 Å². The van der Waals surface area contributed by atoms with Crippen LogP contribution in [0.4, 0.5) is 0 Å². The Morgan fingerprint density at radius 1 is 1.08 bits per heavy atom. The summed E-state index contributed by atoms with van der Waals surface area (Å²) >= 11 is 12.0. The van der Waals surface area contributed by atoms with E-state index in [-0.39, 0.29) is 11.5 Å². The average molecular weight is 372 g/mol. The van der Waals surface area contributed by atoms with Gasteiger partial charge in [0.2, 0.25) is 5.78 Å².